The molecule has 0 saturated carbocycles. The van der Waals surface area contributed by atoms with Crippen molar-refractivity contribution in [3.8, 4) is 6.07 Å². The molecule has 1 aliphatic rings. The molecule has 0 aromatic heterocycles. The summed E-state index contributed by atoms with van der Waals surface area (Å²) in [4.78, 5) is 13.5. The maximum absolute atomic E-state index is 11.3. The van der Waals surface area contributed by atoms with Crippen molar-refractivity contribution >= 4 is 11.7 Å². The molecule has 0 amide bonds. The Morgan fingerprint density at radius 2 is 2.16 bits per heavy atom. The summed E-state index contributed by atoms with van der Waals surface area (Å²) in [5.74, 6) is -0.791. The van der Waals surface area contributed by atoms with Crippen LogP contribution in [0.4, 0.5) is 5.69 Å². The van der Waals surface area contributed by atoms with E-state index in [2.05, 4.69) is 16.3 Å². The van der Waals surface area contributed by atoms with Gasteiger partial charge in [0, 0.05) is 18.8 Å². The van der Waals surface area contributed by atoms with Gasteiger partial charge in [0.1, 0.15) is 5.54 Å². The van der Waals surface area contributed by atoms with Gasteiger partial charge in [-0.25, -0.2) is 0 Å². The molecule has 0 aliphatic carbocycles. The van der Waals surface area contributed by atoms with E-state index in [0.29, 0.717) is 31.5 Å². The quantitative estimate of drug-likeness (QED) is 0.853. The van der Waals surface area contributed by atoms with Crippen LogP contribution in [0.3, 0.4) is 0 Å². The lowest BCUT2D eigenvalue weighted by atomic mass is 9.87. The Balaban J connectivity index is 2.11. The number of likely N-dealkylation sites (N-methyl/N-ethyl adjacent to an activating group) is 1. The third-order valence-corrected chi connectivity index (χ3v) is 3.85. The van der Waals surface area contributed by atoms with Gasteiger partial charge in [-0.2, -0.15) is 5.26 Å². The molecule has 5 heteroatoms. The van der Waals surface area contributed by atoms with Gasteiger partial charge < -0.3 is 15.3 Å². The van der Waals surface area contributed by atoms with Crippen molar-refractivity contribution in [2.45, 2.75) is 18.4 Å². The molecule has 1 fully saturated rings. The molecule has 5 nitrogen and oxygen atoms in total. The van der Waals surface area contributed by atoms with E-state index >= 15 is 0 Å². The number of aliphatic carboxylic acids is 1. The monoisotopic (exact) mass is 259 g/mol. The topological polar surface area (TPSA) is 76.4 Å². The zero-order chi connectivity index (χ0) is 13.9. The molecule has 1 aromatic carbocycles. The van der Waals surface area contributed by atoms with E-state index in [-0.39, 0.29) is 0 Å². The smallest absolute Gasteiger partial charge is 0.324 e. The van der Waals surface area contributed by atoms with E-state index in [1.165, 1.54) is 0 Å². The van der Waals surface area contributed by atoms with Crippen LogP contribution in [-0.4, -0.2) is 36.8 Å². The first kappa shape index (κ1) is 13.4. The van der Waals surface area contributed by atoms with Crippen molar-refractivity contribution in [1.29, 1.82) is 5.26 Å². The molecule has 1 heterocycles. The second-order valence-electron chi connectivity index (χ2n) is 4.79. The van der Waals surface area contributed by atoms with Gasteiger partial charge in [0.15, 0.2) is 0 Å². The fraction of sp³-hybridized carbons (Fsp3) is 0.429. The van der Waals surface area contributed by atoms with Crippen LogP contribution in [-0.2, 0) is 4.79 Å². The summed E-state index contributed by atoms with van der Waals surface area (Å²) in [7, 11) is 1.69. The molecule has 0 unspecified atom stereocenters. The van der Waals surface area contributed by atoms with E-state index < -0.39 is 11.5 Å². The number of nitrogens with zero attached hydrogens (tertiary/aromatic N) is 2. The Hall–Kier alpha value is -2.06. The van der Waals surface area contributed by atoms with E-state index in [1.807, 2.05) is 18.2 Å². The first-order valence-corrected chi connectivity index (χ1v) is 6.29. The molecule has 2 rings (SSSR count). The molecule has 0 atom stereocenters. The number of nitrogens with one attached hydrogen (secondary N) is 1. The number of carboxylic acid groups (broad SMARTS) is 1. The Morgan fingerprint density at radius 3 is 2.68 bits per heavy atom. The van der Waals surface area contributed by atoms with Crippen LogP contribution >= 0.6 is 0 Å². The standard InChI is InChI=1S/C14H17N3O2/c1-16-14(13(18)19)5-7-17(8-6-14)12-4-2-3-11(9-12)10-15/h2-4,9,16H,5-8H2,1H3,(H,18,19). The van der Waals surface area contributed by atoms with Gasteiger partial charge in [-0.05, 0) is 38.1 Å². The number of nitriles is 1. The summed E-state index contributed by atoms with van der Waals surface area (Å²) in [5, 5.41) is 21.1. The highest BCUT2D eigenvalue weighted by molar-refractivity contribution is 5.79. The highest BCUT2D eigenvalue weighted by Crippen LogP contribution is 2.26. The third kappa shape index (κ3) is 2.54. The van der Waals surface area contributed by atoms with Gasteiger partial charge in [-0.1, -0.05) is 6.07 Å². The fourth-order valence-electron chi connectivity index (χ4n) is 2.49. The minimum Gasteiger partial charge on any atom is -0.480 e. The zero-order valence-electron chi connectivity index (χ0n) is 10.9. The van der Waals surface area contributed by atoms with Gasteiger partial charge in [0.05, 0.1) is 11.6 Å². The normalized spacial score (nSPS) is 17.8. The van der Waals surface area contributed by atoms with Gasteiger partial charge in [0.2, 0.25) is 0 Å². The van der Waals surface area contributed by atoms with E-state index in [4.69, 9.17) is 5.26 Å². The number of hydrogen-bond donors (Lipinski definition) is 2. The van der Waals surface area contributed by atoms with Crippen molar-refractivity contribution in [2.24, 2.45) is 0 Å². The second-order valence-corrected chi connectivity index (χ2v) is 4.79. The minimum absolute atomic E-state index is 0.551. The second kappa shape index (κ2) is 5.29. The van der Waals surface area contributed by atoms with Crippen LogP contribution in [0.1, 0.15) is 18.4 Å². The number of piperidine rings is 1. The molecule has 1 aromatic rings. The molecular formula is C14H17N3O2. The lowest BCUT2D eigenvalue weighted by Crippen LogP contribution is -2.57. The largest absolute Gasteiger partial charge is 0.480 e. The average molecular weight is 259 g/mol. The van der Waals surface area contributed by atoms with Gasteiger partial charge in [0.25, 0.3) is 0 Å². The number of anilines is 1. The van der Waals surface area contributed by atoms with Crippen LogP contribution in [0.5, 0.6) is 0 Å². The molecule has 1 saturated heterocycles. The van der Waals surface area contributed by atoms with Gasteiger partial charge in [-0.3, -0.25) is 4.79 Å². The maximum atomic E-state index is 11.3. The summed E-state index contributed by atoms with van der Waals surface area (Å²) >= 11 is 0. The van der Waals surface area contributed by atoms with Crippen LogP contribution in [0, 0.1) is 11.3 Å². The maximum Gasteiger partial charge on any atom is 0.324 e. The van der Waals surface area contributed by atoms with Crippen LogP contribution in [0.15, 0.2) is 24.3 Å². The Kier molecular flexibility index (Phi) is 3.72. The predicted octanol–water partition coefficient (Wildman–Crippen LogP) is 1.20. The lowest BCUT2D eigenvalue weighted by Gasteiger charge is -2.39. The van der Waals surface area contributed by atoms with Gasteiger partial charge in [-0.15, -0.1) is 0 Å². The van der Waals surface area contributed by atoms with Crippen molar-refractivity contribution in [1.82, 2.24) is 5.32 Å². The highest BCUT2D eigenvalue weighted by Gasteiger charge is 2.40. The van der Waals surface area contributed by atoms with E-state index in [0.717, 1.165) is 5.69 Å². The molecule has 19 heavy (non-hydrogen) atoms. The predicted molar refractivity (Wildman–Crippen MR) is 72.0 cm³/mol. The highest BCUT2D eigenvalue weighted by atomic mass is 16.4. The van der Waals surface area contributed by atoms with Crippen molar-refractivity contribution in [3.63, 3.8) is 0 Å². The summed E-state index contributed by atoms with van der Waals surface area (Å²) in [6, 6.07) is 9.53. The average Bonchev–Trinajstić information content (AvgIpc) is 2.47. The molecule has 0 radical (unpaired) electrons. The van der Waals surface area contributed by atoms with Crippen LogP contribution in [0.25, 0.3) is 0 Å². The first-order valence-electron chi connectivity index (χ1n) is 6.29. The third-order valence-electron chi connectivity index (χ3n) is 3.85. The number of carbonyl (C=O) groups is 1. The summed E-state index contributed by atoms with van der Waals surface area (Å²) in [6.07, 6.45) is 1.10. The van der Waals surface area contributed by atoms with E-state index in [9.17, 15) is 9.90 Å². The SMILES string of the molecule is CNC1(C(=O)O)CCN(c2cccc(C#N)c2)CC1. The molecule has 100 valence electrons. The Morgan fingerprint density at radius 1 is 1.47 bits per heavy atom. The van der Waals surface area contributed by atoms with E-state index in [1.54, 1.807) is 13.1 Å². The van der Waals surface area contributed by atoms with Gasteiger partial charge >= 0.3 is 5.97 Å². The number of carboxylic acids is 1. The summed E-state index contributed by atoms with van der Waals surface area (Å²) in [6.45, 7) is 1.34. The molecule has 2 N–H and O–H groups in total. The Bertz CT molecular complexity index is 514. The number of benzene rings is 1. The van der Waals surface area contributed by atoms with Crippen LogP contribution in [0.2, 0.25) is 0 Å². The molecule has 1 aliphatic heterocycles. The summed E-state index contributed by atoms with van der Waals surface area (Å²) in [5.41, 5.74) is 0.791. The van der Waals surface area contributed by atoms with Crippen LogP contribution < -0.4 is 10.2 Å². The molecular weight excluding hydrogens is 242 g/mol. The molecule has 0 spiro atoms. The summed E-state index contributed by atoms with van der Waals surface area (Å²) < 4.78 is 0. The van der Waals surface area contributed by atoms with Crippen molar-refractivity contribution in [3.05, 3.63) is 29.8 Å². The van der Waals surface area contributed by atoms with Crippen molar-refractivity contribution in [2.75, 3.05) is 25.0 Å². The molecule has 0 bridgehead atoms. The zero-order valence-corrected chi connectivity index (χ0v) is 10.9. The number of rotatable bonds is 3. The minimum atomic E-state index is -0.816. The lowest BCUT2D eigenvalue weighted by molar-refractivity contribution is -0.145. The Labute approximate surface area is 112 Å². The number of hydrogen-bond acceptors (Lipinski definition) is 4. The fourth-order valence-corrected chi connectivity index (χ4v) is 2.49. The van der Waals surface area contributed by atoms with Crippen molar-refractivity contribution < 1.29 is 9.90 Å². The first-order chi connectivity index (χ1) is 9.11.